The van der Waals surface area contributed by atoms with Crippen LogP contribution in [0.3, 0.4) is 0 Å². The molecule has 0 aromatic heterocycles. The standard InChI is InChI=1S/C29H52NO4P/c1-30(2,3)28-15-13-16-29(28)34-35(31,32)33-17-12-10-8-6-4-5-7-9-11-14-27-25-19-23-18-24(21-25)22-26(27)20-23/h14,23-26,28-29H,4-13,15-22H2,1-3H3/p+1/t23?,24?,25?,26?,28-,29-/m0/s1. The molecule has 6 heteroatoms. The third-order valence-electron chi connectivity index (χ3n) is 9.50. The van der Waals surface area contributed by atoms with Crippen molar-refractivity contribution in [1.29, 1.82) is 0 Å². The third-order valence-corrected chi connectivity index (χ3v) is 10.5. The molecule has 5 saturated carbocycles. The molecule has 5 fully saturated rings. The van der Waals surface area contributed by atoms with Crippen molar-refractivity contribution in [3.05, 3.63) is 11.6 Å². The number of allylic oxidation sites excluding steroid dienone is 2. The second kappa shape index (κ2) is 12.6. The monoisotopic (exact) mass is 510 g/mol. The minimum absolute atomic E-state index is 0.185. The summed E-state index contributed by atoms with van der Waals surface area (Å²) < 4.78 is 24.0. The molecule has 5 rings (SSSR count). The molecule has 0 aromatic rings. The summed E-state index contributed by atoms with van der Waals surface area (Å²) in [5.41, 5.74) is 1.87. The zero-order valence-corrected chi connectivity index (χ0v) is 23.7. The zero-order valence-electron chi connectivity index (χ0n) is 22.8. The van der Waals surface area contributed by atoms with Gasteiger partial charge in [0.15, 0.2) is 0 Å². The lowest BCUT2D eigenvalue weighted by Gasteiger charge is -2.51. The van der Waals surface area contributed by atoms with Gasteiger partial charge in [0, 0.05) is 6.42 Å². The molecule has 0 amide bonds. The molecule has 0 heterocycles. The average molecular weight is 511 g/mol. The van der Waals surface area contributed by atoms with Crippen LogP contribution in [0.4, 0.5) is 0 Å². The first kappa shape index (κ1) is 27.8. The summed E-state index contributed by atoms with van der Waals surface area (Å²) in [6.07, 6.45) is 23.9. The lowest BCUT2D eigenvalue weighted by Crippen LogP contribution is -2.49. The van der Waals surface area contributed by atoms with Crippen LogP contribution in [-0.4, -0.2) is 49.3 Å². The first-order chi connectivity index (χ1) is 16.7. The summed E-state index contributed by atoms with van der Waals surface area (Å²) in [5, 5.41) is 0. The van der Waals surface area contributed by atoms with Gasteiger partial charge in [-0.1, -0.05) is 50.2 Å². The molecule has 0 saturated heterocycles. The smallest absolute Gasteiger partial charge is 0.326 e. The first-order valence-electron chi connectivity index (χ1n) is 14.9. The summed E-state index contributed by atoms with van der Waals surface area (Å²) in [6.45, 7) is 0.313. The molecule has 5 nitrogen and oxygen atoms in total. The van der Waals surface area contributed by atoms with Crippen molar-refractivity contribution in [3.63, 3.8) is 0 Å². The van der Waals surface area contributed by atoms with Gasteiger partial charge >= 0.3 is 7.82 Å². The minimum Gasteiger partial charge on any atom is -0.326 e. The molecule has 0 radical (unpaired) electrons. The van der Waals surface area contributed by atoms with Crippen molar-refractivity contribution >= 4 is 7.82 Å². The Morgan fingerprint density at radius 1 is 0.857 bits per heavy atom. The fourth-order valence-corrected chi connectivity index (χ4v) is 8.94. The maximum atomic E-state index is 12.4. The van der Waals surface area contributed by atoms with Gasteiger partial charge in [-0.3, -0.25) is 9.05 Å². The number of likely N-dealkylation sites (N-methyl/N-ethyl adjacent to an activating group) is 1. The van der Waals surface area contributed by atoms with E-state index in [1.807, 2.05) is 5.57 Å². The highest BCUT2D eigenvalue weighted by molar-refractivity contribution is 7.47. The van der Waals surface area contributed by atoms with Gasteiger partial charge in [0.05, 0.1) is 27.7 Å². The quantitative estimate of drug-likeness (QED) is 0.106. The van der Waals surface area contributed by atoms with Crippen molar-refractivity contribution in [2.24, 2.45) is 23.7 Å². The van der Waals surface area contributed by atoms with Crippen LogP contribution in [0.15, 0.2) is 11.6 Å². The minimum atomic E-state index is -3.96. The number of phosphoric ester groups is 1. The van der Waals surface area contributed by atoms with Gasteiger partial charge in [-0.25, -0.2) is 4.57 Å². The van der Waals surface area contributed by atoms with Crippen molar-refractivity contribution < 1.29 is 23.0 Å². The van der Waals surface area contributed by atoms with Crippen LogP contribution >= 0.6 is 7.82 Å². The molecule has 35 heavy (non-hydrogen) atoms. The van der Waals surface area contributed by atoms with Crippen molar-refractivity contribution in [2.75, 3.05) is 27.7 Å². The van der Waals surface area contributed by atoms with Crippen LogP contribution in [0.2, 0.25) is 0 Å². The van der Waals surface area contributed by atoms with Crippen LogP contribution in [0.1, 0.15) is 109 Å². The lowest BCUT2D eigenvalue weighted by molar-refractivity contribution is -0.898. The average Bonchev–Trinajstić information content (AvgIpc) is 3.23. The number of nitrogens with zero attached hydrogens (tertiary/aromatic N) is 1. The number of unbranched alkanes of at least 4 members (excludes halogenated alkanes) is 8. The Balaban J connectivity index is 0.978. The fraction of sp³-hybridized carbons (Fsp3) is 0.931. The molecule has 0 spiro atoms. The predicted octanol–water partition coefficient (Wildman–Crippen LogP) is 7.64. The van der Waals surface area contributed by atoms with Gasteiger partial charge in [0.1, 0.15) is 12.1 Å². The zero-order chi connectivity index (χ0) is 24.9. The van der Waals surface area contributed by atoms with E-state index in [0.29, 0.717) is 6.61 Å². The molecule has 202 valence electrons. The van der Waals surface area contributed by atoms with Crippen molar-refractivity contribution in [2.45, 2.75) is 121 Å². The van der Waals surface area contributed by atoms with Gasteiger partial charge in [0.25, 0.3) is 0 Å². The van der Waals surface area contributed by atoms with E-state index < -0.39 is 7.82 Å². The fourth-order valence-electron chi connectivity index (χ4n) is 7.93. The first-order valence-corrected chi connectivity index (χ1v) is 16.4. The molecule has 5 aliphatic carbocycles. The van der Waals surface area contributed by atoms with Crippen LogP contribution in [0.5, 0.6) is 0 Å². The lowest BCUT2D eigenvalue weighted by atomic mass is 9.54. The van der Waals surface area contributed by atoms with Crippen LogP contribution in [0, 0.1) is 23.7 Å². The summed E-state index contributed by atoms with van der Waals surface area (Å²) in [4.78, 5) is 10.1. The van der Waals surface area contributed by atoms with Gasteiger partial charge in [-0.05, 0) is 87.9 Å². The van der Waals surface area contributed by atoms with E-state index in [2.05, 4.69) is 27.2 Å². The second-order valence-electron chi connectivity index (χ2n) is 13.2. The van der Waals surface area contributed by atoms with Crippen LogP contribution in [0.25, 0.3) is 0 Å². The Morgan fingerprint density at radius 3 is 2.03 bits per heavy atom. The largest absolute Gasteiger partial charge is 0.472 e. The van der Waals surface area contributed by atoms with Gasteiger partial charge in [-0.2, -0.15) is 0 Å². The van der Waals surface area contributed by atoms with Crippen LogP contribution in [-0.2, 0) is 13.6 Å². The molecule has 1 unspecified atom stereocenters. The molecule has 1 N–H and O–H groups in total. The number of hydrogen-bond acceptors (Lipinski definition) is 3. The summed E-state index contributed by atoms with van der Waals surface area (Å²) in [5.74, 6) is 4.06. The SMILES string of the molecule is C[N+](C)(C)[C@H]1CCC[C@@H]1OP(=O)(O)OCCCCCCCCCCC=C1C2CC3CC(C2)CC1C3. The predicted molar refractivity (Wildman–Crippen MR) is 143 cm³/mol. The molecule has 5 aliphatic rings. The Kier molecular flexibility index (Phi) is 10.00. The molecule has 4 bridgehead atoms. The summed E-state index contributed by atoms with van der Waals surface area (Å²) >= 11 is 0. The van der Waals surface area contributed by atoms with Gasteiger partial charge < -0.3 is 9.38 Å². The molecule has 0 aromatic carbocycles. The summed E-state index contributed by atoms with van der Waals surface area (Å²) in [6, 6.07) is 0.258. The molecular weight excluding hydrogens is 457 g/mol. The highest BCUT2D eigenvalue weighted by atomic mass is 31.2. The van der Waals surface area contributed by atoms with E-state index in [1.165, 1.54) is 70.6 Å². The van der Waals surface area contributed by atoms with Crippen molar-refractivity contribution in [3.8, 4) is 0 Å². The van der Waals surface area contributed by atoms with Gasteiger partial charge in [-0.15, -0.1) is 0 Å². The topological polar surface area (TPSA) is 55.8 Å². The number of rotatable bonds is 15. The molecular formula is C29H53NO4P+. The normalized spacial score (nSPS) is 33.9. The van der Waals surface area contributed by atoms with Gasteiger partial charge in [0.2, 0.25) is 0 Å². The highest BCUT2D eigenvalue weighted by Gasteiger charge is 2.45. The molecule has 3 atom stereocenters. The van der Waals surface area contributed by atoms with E-state index in [1.54, 1.807) is 6.42 Å². The van der Waals surface area contributed by atoms with Crippen molar-refractivity contribution in [1.82, 2.24) is 0 Å². The number of quaternary nitrogens is 1. The molecule has 0 aliphatic heterocycles. The van der Waals surface area contributed by atoms with E-state index in [4.69, 9.17) is 9.05 Å². The van der Waals surface area contributed by atoms with E-state index in [0.717, 1.165) is 60.3 Å². The second-order valence-corrected chi connectivity index (χ2v) is 14.6. The number of phosphoric acid groups is 1. The third kappa shape index (κ3) is 8.14. The maximum absolute atomic E-state index is 12.4. The highest BCUT2D eigenvalue weighted by Crippen LogP contribution is 2.56. The van der Waals surface area contributed by atoms with E-state index in [-0.39, 0.29) is 12.1 Å². The summed E-state index contributed by atoms with van der Waals surface area (Å²) in [7, 11) is 2.41. The Hall–Kier alpha value is -0.190. The Bertz CT molecular complexity index is 715. The Morgan fingerprint density at radius 2 is 1.43 bits per heavy atom. The maximum Gasteiger partial charge on any atom is 0.472 e. The van der Waals surface area contributed by atoms with E-state index >= 15 is 0 Å². The van der Waals surface area contributed by atoms with Crippen LogP contribution < -0.4 is 0 Å². The van der Waals surface area contributed by atoms with E-state index in [9.17, 15) is 9.46 Å². The number of hydrogen-bond donors (Lipinski definition) is 1. The Labute approximate surface area is 215 Å².